The fourth-order valence-corrected chi connectivity index (χ4v) is 2.34. The highest BCUT2D eigenvalue weighted by Gasteiger charge is 2.23. The van der Waals surface area contributed by atoms with E-state index in [0.717, 1.165) is 5.56 Å². The van der Waals surface area contributed by atoms with Crippen LogP contribution in [-0.4, -0.2) is 21.3 Å². The Morgan fingerprint density at radius 1 is 0.950 bits per heavy atom. The summed E-state index contributed by atoms with van der Waals surface area (Å²) in [7, 11) is 4.92. The summed E-state index contributed by atoms with van der Waals surface area (Å²) in [6, 6.07) is 12.0. The molecule has 0 amide bonds. The molecule has 1 N–H and O–H groups in total. The molecule has 3 nitrogen and oxygen atoms in total. The van der Waals surface area contributed by atoms with E-state index in [-0.39, 0.29) is 11.9 Å². The van der Waals surface area contributed by atoms with Gasteiger partial charge in [0.1, 0.15) is 17.3 Å². The Hall–Kier alpha value is -2.07. The van der Waals surface area contributed by atoms with Crippen molar-refractivity contribution < 1.29 is 13.9 Å². The summed E-state index contributed by atoms with van der Waals surface area (Å²) in [4.78, 5) is 0. The SMILES string of the molecule is CNC(c1ccccc1OC)c1c(F)cccc1OC. The standard InChI is InChI=1S/C16H18FNO2/c1-18-16(11-7-4-5-9-13(11)19-2)15-12(17)8-6-10-14(15)20-3/h4-10,16,18H,1-3H3. The molecule has 1 atom stereocenters. The fraction of sp³-hybridized carbons (Fsp3) is 0.250. The van der Waals surface area contributed by atoms with Crippen LogP contribution in [0.15, 0.2) is 42.5 Å². The van der Waals surface area contributed by atoms with Gasteiger partial charge in [0, 0.05) is 5.56 Å². The van der Waals surface area contributed by atoms with Gasteiger partial charge in [0.25, 0.3) is 0 Å². The van der Waals surface area contributed by atoms with Gasteiger partial charge in [-0.1, -0.05) is 24.3 Å². The highest BCUT2D eigenvalue weighted by atomic mass is 19.1. The van der Waals surface area contributed by atoms with Crippen molar-refractivity contribution in [2.24, 2.45) is 0 Å². The van der Waals surface area contributed by atoms with Crippen molar-refractivity contribution in [2.75, 3.05) is 21.3 Å². The van der Waals surface area contributed by atoms with E-state index in [9.17, 15) is 4.39 Å². The second-order valence-corrected chi connectivity index (χ2v) is 4.32. The number of ether oxygens (including phenoxy) is 2. The van der Waals surface area contributed by atoms with Crippen molar-refractivity contribution in [3.8, 4) is 11.5 Å². The molecule has 0 aliphatic carbocycles. The van der Waals surface area contributed by atoms with Crippen molar-refractivity contribution >= 4 is 0 Å². The smallest absolute Gasteiger partial charge is 0.132 e. The third kappa shape index (κ3) is 2.60. The summed E-state index contributed by atoms with van der Waals surface area (Å²) >= 11 is 0. The van der Waals surface area contributed by atoms with Crippen LogP contribution in [-0.2, 0) is 0 Å². The van der Waals surface area contributed by atoms with Gasteiger partial charge < -0.3 is 14.8 Å². The molecule has 106 valence electrons. The molecule has 20 heavy (non-hydrogen) atoms. The van der Waals surface area contributed by atoms with Gasteiger partial charge in [0.15, 0.2) is 0 Å². The van der Waals surface area contributed by atoms with Gasteiger partial charge in [0.2, 0.25) is 0 Å². The number of para-hydroxylation sites is 1. The molecular formula is C16H18FNO2. The number of nitrogens with one attached hydrogen (secondary N) is 1. The Bertz CT molecular complexity index is 586. The Labute approximate surface area is 118 Å². The molecule has 0 heterocycles. The maximum Gasteiger partial charge on any atom is 0.132 e. The fourth-order valence-electron chi connectivity index (χ4n) is 2.34. The predicted molar refractivity (Wildman–Crippen MR) is 76.8 cm³/mol. The minimum Gasteiger partial charge on any atom is -0.496 e. The first-order chi connectivity index (χ1) is 9.72. The van der Waals surface area contributed by atoms with E-state index in [1.54, 1.807) is 26.3 Å². The second-order valence-electron chi connectivity index (χ2n) is 4.32. The summed E-state index contributed by atoms with van der Waals surface area (Å²) in [5, 5.41) is 3.12. The van der Waals surface area contributed by atoms with Gasteiger partial charge in [-0.3, -0.25) is 0 Å². The molecule has 2 aromatic rings. The molecule has 0 spiro atoms. The molecule has 0 aromatic heterocycles. The maximum absolute atomic E-state index is 14.2. The first-order valence-electron chi connectivity index (χ1n) is 6.35. The number of methoxy groups -OCH3 is 2. The zero-order valence-corrected chi connectivity index (χ0v) is 11.8. The maximum atomic E-state index is 14.2. The lowest BCUT2D eigenvalue weighted by Gasteiger charge is -2.22. The van der Waals surface area contributed by atoms with Gasteiger partial charge in [0.05, 0.1) is 25.8 Å². The highest BCUT2D eigenvalue weighted by Crippen LogP contribution is 2.35. The Morgan fingerprint density at radius 2 is 1.60 bits per heavy atom. The van der Waals surface area contributed by atoms with Crippen molar-refractivity contribution in [3.63, 3.8) is 0 Å². The van der Waals surface area contributed by atoms with Gasteiger partial charge in [-0.2, -0.15) is 0 Å². The summed E-state index contributed by atoms with van der Waals surface area (Å²) in [5.74, 6) is 0.905. The molecule has 0 saturated heterocycles. The van der Waals surface area contributed by atoms with Crippen LogP contribution in [0.1, 0.15) is 17.2 Å². The monoisotopic (exact) mass is 275 g/mol. The Morgan fingerprint density at radius 3 is 2.25 bits per heavy atom. The minimum absolute atomic E-state index is 0.311. The molecule has 0 aliphatic rings. The van der Waals surface area contributed by atoms with E-state index in [1.165, 1.54) is 13.2 Å². The normalized spacial score (nSPS) is 12.0. The largest absolute Gasteiger partial charge is 0.496 e. The van der Waals surface area contributed by atoms with E-state index >= 15 is 0 Å². The Kier molecular flexibility index (Phi) is 4.58. The average Bonchev–Trinajstić information content (AvgIpc) is 2.50. The first-order valence-corrected chi connectivity index (χ1v) is 6.35. The van der Waals surface area contributed by atoms with Crippen LogP contribution in [0.4, 0.5) is 4.39 Å². The third-order valence-electron chi connectivity index (χ3n) is 3.26. The molecule has 0 saturated carbocycles. The number of hydrogen-bond acceptors (Lipinski definition) is 3. The molecule has 0 aliphatic heterocycles. The lowest BCUT2D eigenvalue weighted by Crippen LogP contribution is -2.20. The van der Waals surface area contributed by atoms with Gasteiger partial charge in [-0.25, -0.2) is 4.39 Å². The average molecular weight is 275 g/mol. The highest BCUT2D eigenvalue weighted by molar-refractivity contribution is 5.47. The molecule has 0 radical (unpaired) electrons. The molecule has 1 unspecified atom stereocenters. The van der Waals surface area contributed by atoms with Crippen LogP contribution >= 0.6 is 0 Å². The van der Waals surface area contributed by atoms with Gasteiger partial charge >= 0.3 is 0 Å². The van der Waals surface area contributed by atoms with E-state index in [2.05, 4.69) is 5.32 Å². The van der Waals surface area contributed by atoms with Crippen molar-refractivity contribution in [2.45, 2.75) is 6.04 Å². The number of halogens is 1. The van der Waals surface area contributed by atoms with Crippen LogP contribution < -0.4 is 14.8 Å². The number of benzene rings is 2. The van der Waals surface area contributed by atoms with E-state index < -0.39 is 0 Å². The van der Waals surface area contributed by atoms with Gasteiger partial charge in [-0.15, -0.1) is 0 Å². The van der Waals surface area contributed by atoms with E-state index in [1.807, 2.05) is 24.3 Å². The minimum atomic E-state index is -0.345. The first kappa shape index (κ1) is 14.3. The van der Waals surface area contributed by atoms with Crippen molar-refractivity contribution in [1.29, 1.82) is 0 Å². The topological polar surface area (TPSA) is 30.5 Å². The van der Waals surface area contributed by atoms with Crippen LogP contribution in [0, 0.1) is 5.82 Å². The van der Waals surface area contributed by atoms with Crippen LogP contribution in [0.25, 0.3) is 0 Å². The summed E-state index contributed by atoms with van der Waals surface area (Å²) in [5.41, 5.74) is 1.34. The molecule has 0 bridgehead atoms. The summed E-state index contributed by atoms with van der Waals surface area (Å²) < 4.78 is 24.9. The third-order valence-corrected chi connectivity index (χ3v) is 3.26. The molecule has 4 heteroatoms. The van der Waals surface area contributed by atoms with Crippen LogP contribution in [0.2, 0.25) is 0 Å². The van der Waals surface area contributed by atoms with Crippen LogP contribution in [0.3, 0.4) is 0 Å². The Balaban J connectivity index is 2.58. The number of rotatable bonds is 5. The van der Waals surface area contributed by atoms with E-state index in [4.69, 9.17) is 9.47 Å². The van der Waals surface area contributed by atoms with Gasteiger partial charge in [-0.05, 0) is 25.2 Å². The summed E-state index contributed by atoms with van der Waals surface area (Å²) in [6.45, 7) is 0. The summed E-state index contributed by atoms with van der Waals surface area (Å²) in [6.07, 6.45) is 0. The van der Waals surface area contributed by atoms with Crippen molar-refractivity contribution in [3.05, 3.63) is 59.4 Å². The zero-order valence-electron chi connectivity index (χ0n) is 11.8. The molecule has 0 fully saturated rings. The molecule has 2 rings (SSSR count). The lowest BCUT2D eigenvalue weighted by molar-refractivity contribution is 0.390. The second kappa shape index (κ2) is 6.39. The molecule has 2 aromatic carbocycles. The van der Waals surface area contributed by atoms with Crippen molar-refractivity contribution in [1.82, 2.24) is 5.32 Å². The molecular weight excluding hydrogens is 257 g/mol. The number of hydrogen-bond donors (Lipinski definition) is 1. The lowest BCUT2D eigenvalue weighted by atomic mass is 9.96. The van der Waals surface area contributed by atoms with Crippen LogP contribution in [0.5, 0.6) is 11.5 Å². The quantitative estimate of drug-likeness (QED) is 0.909. The predicted octanol–water partition coefficient (Wildman–Crippen LogP) is 3.15. The van der Waals surface area contributed by atoms with E-state index in [0.29, 0.717) is 17.1 Å². The zero-order chi connectivity index (χ0) is 14.5.